The van der Waals surface area contributed by atoms with E-state index in [9.17, 15) is 23.9 Å². The Bertz CT molecular complexity index is 1960. The summed E-state index contributed by atoms with van der Waals surface area (Å²) < 4.78 is 51.9. The van der Waals surface area contributed by atoms with Crippen molar-refractivity contribution in [3.8, 4) is 16.9 Å². The Kier molecular flexibility index (Phi) is 11.5. The van der Waals surface area contributed by atoms with Crippen molar-refractivity contribution in [1.29, 1.82) is 0 Å². The number of phenolic OH excluding ortho intramolecular Hbond substituents is 1. The highest BCUT2D eigenvalue weighted by Gasteiger charge is 2.32. The molecule has 264 valence electrons. The van der Waals surface area contributed by atoms with Gasteiger partial charge in [0.2, 0.25) is 5.91 Å². The van der Waals surface area contributed by atoms with Gasteiger partial charge >= 0.3 is 5.97 Å². The van der Waals surface area contributed by atoms with E-state index < -0.39 is 53.7 Å². The molecular formula is C38H39BrF3N3O5. The Hall–Kier alpha value is -4.42. The van der Waals surface area contributed by atoms with Crippen LogP contribution in [0, 0.1) is 32.4 Å². The summed E-state index contributed by atoms with van der Waals surface area (Å²) in [6.45, 7) is 7.71. The minimum Gasteiger partial charge on any atom is -0.507 e. The van der Waals surface area contributed by atoms with Crippen molar-refractivity contribution in [1.82, 2.24) is 14.8 Å². The summed E-state index contributed by atoms with van der Waals surface area (Å²) in [6.07, 6.45) is 0.570. The van der Waals surface area contributed by atoms with Crippen LogP contribution >= 0.6 is 15.9 Å². The lowest BCUT2D eigenvalue weighted by molar-refractivity contribution is -0.143. The van der Waals surface area contributed by atoms with Gasteiger partial charge < -0.3 is 15.2 Å². The van der Waals surface area contributed by atoms with Gasteiger partial charge in [0.1, 0.15) is 29.6 Å². The third kappa shape index (κ3) is 8.13. The monoisotopic (exact) mass is 753 g/mol. The number of hydrogen-bond donors (Lipinski definition) is 2. The number of rotatable bonds is 12. The Labute approximate surface area is 297 Å². The van der Waals surface area contributed by atoms with Crippen molar-refractivity contribution in [2.75, 3.05) is 26.2 Å². The Balaban J connectivity index is 1.61. The molecule has 0 radical (unpaired) electrons. The molecule has 1 aromatic heterocycles. The summed E-state index contributed by atoms with van der Waals surface area (Å²) in [5, 5.41) is 13.5. The van der Waals surface area contributed by atoms with E-state index in [2.05, 4.69) is 21.2 Å². The first kappa shape index (κ1) is 36.9. The Morgan fingerprint density at radius 2 is 1.76 bits per heavy atom. The summed E-state index contributed by atoms with van der Waals surface area (Å²) >= 11 is 3.34. The molecule has 0 aliphatic carbocycles. The molecule has 5 rings (SSSR count). The lowest BCUT2D eigenvalue weighted by atomic mass is 9.92. The maximum atomic E-state index is 16.1. The van der Waals surface area contributed by atoms with Crippen molar-refractivity contribution in [2.45, 2.75) is 58.8 Å². The number of nitrogens with zero attached hydrogens (tertiary/aromatic N) is 2. The van der Waals surface area contributed by atoms with Gasteiger partial charge in [-0.2, -0.15) is 0 Å². The number of aryl methyl sites for hydroxylation is 3. The fourth-order valence-corrected chi connectivity index (χ4v) is 6.74. The second-order valence-corrected chi connectivity index (χ2v) is 13.6. The van der Waals surface area contributed by atoms with Gasteiger partial charge in [-0.15, -0.1) is 0 Å². The number of alkyl halides is 1. The highest BCUT2D eigenvalue weighted by atomic mass is 79.9. The molecule has 1 unspecified atom stereocenters. The number of carbonyl (C=O) groups is 2. The fourth-order valence-electron chi connectivity index (χ4n) is 6.36. The lowest BCUT2D eigenvalue weighted by Crippen LogP contribution is -2.49. The van der Waals surface area contributed by atoms with Crippen LogP contribution in [0.1, 0.15) is 58.8 Å². The normalized spacial score (nSPS) is 14.6. The molecule has 1 saturated heterocycles. The molecule has 1 aliphatic heterocycles. The van der Waals surface area contributed by atoms with E-state index in [4.69, 9.17) is 4.74 Å². The first-order chi connectivity index (χ1) is 23.8. The van der Waals surface area contributed by atoms with Gasteiger partial charge in [0, 0.05) is 52.6 Å². The number of likely N-dealkylation sites (tertiary alicyclic amines) is 1. The summed E-state index contributed by atoms with van der Waals surface area (Å²) in [5.41, 5.74) is 2.04. The number of pyridine rings is 1. The Morgan fingerprint density at radius 3 is 2.44 bits per heavy atom. The number of esters is 1. The maximum Gasteiger partial charge on any atom is 0.308 e. The number of phenols is 1. The number of ether oxygens (including phenoxy) is 1. The highest BCUT2D eigenvalue weighted by Crippen LogP contribution is 2.37. The van der Waals surface area contributed by atoms with Crippen molar-refractivity contribution < 1.29 is 32.6 Å². The van der Waals surface area contributed by atoms with E-state index in [1.807, 2.05) is 4.90 Å². The summed E-state index contributed by atoms with van der Waals surface area (Å²) in [4.78, 5) is 43.0. The first-order valence-corrected chi connectivity index (χ1v) is 17.1. The fraction of sp³-hybridized carbons (Fsp3) is 0.342. The van der Waals surface area contributed by atoms with Crippen LogP contribution in [-0.4, -0.2) is 58.9 Å². The molecule has 0 saturated carbocycles. The first-order valence-electron chi connectivity index (χ1n) is 16.3. The van der Waals surface area contributed by atoms with E-state index in [0.717, 1.165) is 10.6 Å². The largest absolute Gasteiger partial charge is 0.507 e. The van der Waals surface area contributed by atoms with Crippen LogP contribution in [0.15, 0.2) is 70.1 Å². The highest BCUT2D eigenvalue weighted by molar-refractivity contribution is 9.10. The van der Waals surface area contributed by atoms with Crippen LogP contribution in [0.5, 0.6) is 5.75 Å². The number of benzene rings is 3. The van der Waals surface area contributed by atoms with Crippen LogP contribution in [-0.2, 0) is 20.7 Å². The molecular weight excluding hydrogens is 715 g/mol. The molecule has 0 spiro atoms. The van der Waals surface area contributed by atoms with Gasteiger partial charge in [-0.3, -0.25) is 23.9 Å². The van der Waals surface area contributed by atoms with Crippen molar-refractivity contribution in [2.24, 2.45) is 0 Å². The number of aromatic nitrogens is 1. The van der Waals surface area contributed by atoms with Crippen molar-refractivity contribution in [3.05, 3.63) is 121 Å². The maximum absolute atomic E-state index is 16.1. The van der Waals surface area contributed by atoms with Gasteiger partial charge in [0.25, 0.3) is 5.56 Å². The zero-order chi connectivity index (χ0) is 36.3. The molecule has 2 heterocycles. The quantitative estimate of drug-likeness (QED) is 0.155. The minimum atomic E-state index is -1.57. The minimum absolute atomic E-state index is 0.0358. The summed E-state index contributed by atoms with van der Waals surface area (Å²) in [5.74, 6) is -3.09. The average Bonchev–Trinajstić information content (AvgIpc) is 3.04. The predicted molar refractivity (Wildman–Crippen MR) is 188 cm³/mol. The molecule has 4 aromatic rings. The predicted octanol–water partition coefficient (Wildman–Crippen LogP) is 6.78. The van der Waals surface area contributed by atoms with E-state index >= 15 is 8.78 Å². The van der Waals surface area contributed by atoms with E-state index in [0.29, 0.717) is 58.3 Å². The molecule has 12 heteroatoms. The Morgan fingerprint density at radius 1 is 1.02 bits per heavy atom. The molecule has 1 aliphatic rings. The molecule has 0 bridgehead atoms. The van der Waals surface area contributed by atoms with Gasteiger partial charge in [-0.1, -0.05) is 28.1 Å². The number of nitrogens with one attached hydrogen (secondary N) is 1. The standard InChI is InChI=1S/C38H39BrF3N3O5/c1-5-50-33(47)17-31(29-15-25(14-22(3)35(29)42)34-21(2)7-6-8-32(34)46)43-37(48)36(28-16-26(39)9-10-30(28)41)45-18-24(13-23(4)38(45)49)11-12-44-19-27(40)20-44/h6-10,13-16,18,27,31,36,46H,5,11-12,17,19-20H2,1-4H3,(H,43,48)/t31-,36?/m0/s1. The van der Waals surface area contributed by atoms with Crippen molar-refractivity contribution in [3.63, 3.8) is 0 Å². The topological polar surface area (TPSA) is 101 Å². The number of halogens is 4. The number of carbonyl (C=O) groups excluding carboxylic acids is 2. The SMILES string of the molecule is CCOC(=O)C[C@H](NC(=O)C(c1cc(Br)ccc1F)n1cc(CCN2CC(F)C2)cc(C)c1=O)c1cc(-c2c(C)cccc2O)cc(C)c1F. The summed E-state index contributed by atoms with van der Waals surface area (Å²) in [6, 6.07) is 10.8. The third-order valence-corrected chi connectivity index (χ3v) is 9.37. The van der Waals surface area contributed by atoms with Crippen LogP contribution in [0.2, 0.25) is 0 Å². The molecule has 8 nitrogen and oxygen atoms in total. The van der Waals surface area contributed by atoms with E-state index in [1.54, 1.807) is 45.0 Å². The van der Waals surface area contributed by atoms with E-state index in [-0.39, 0.29) is 29.0 Å². The third-order valence-electron chi connectivity index (χ3n) is 8.88. The number of hydrogen-bond acceptors (Lipinski definition) is 6. The number of aromatic hydroxyl groups is 1. The second-order valence-electron chi connectivity index (χ2n) is 12.7. The van der Waals surface area contributed by atoms with Gasteiger partial charge in [0.15, 0.2) is 0 Å². The van der Waals surface area contributed by atoms with Crippen LogP contribution in [0.3, 0.4) is 0 Å². The molecule has 1 fully saturated rings. The van der Waals surface area contributed by atoms with Crippen LogP contribution in [0.25, 0.3) is 11.1 Å². The molecule has 2 atom stereocenters. The van der Waals surface area contributed by atoms with Gasteiger partial charge in [-0.25, -0.2) is 13.2 Å². The van der Waals surface area contributed by atoms with E-state index in [1.165, 1.54) is 37.4 Å². The number of amides is 1. The summed E-state index contributed by atoms with van der Waals surface area (Å²) in [7, 11) is 0. The zero-order valence-corrected chi connectivity index (χ0v) is 29.8. The smallest absolute Gasteiger partial charge is 0.308 e. The van der Waals surface area contributed by atoms with Crippen LogP contribution < -0.4 is 10.9 Å². The second kappa shape index (κ2) is 15.6. The van der Waals surface area contributed by atoms with Gasteiger partial charge in [-0.05, 0) is 98.8 Å². The molecule has 1 amide bonds. The van der Waals surface area contributed by atoms with Gasteiger partial charge in [0.05, 0.1) is 19.1 Å². The average molecular weight is 755 g/mol. The molecule has 3 aromatic carbocycles. The van der Waals surface area contributed by atoms with Crippen molar-refractivity contribution >= 4 is 27.8 Å². The lowest BCUT2D eigenvalue weighted by Gasteiger charge is -2.34. The molecule has 2 N–H and O–H groups in total. The van der Waals surface area contributed by atoms with Crippen LogP contribution in [0.4, 0.5) is 13.2 Å². The molecule has 50 heavy (non-hydrogen) atoms. The zero-order valence-electron chi connectivity index (χ0n) is 28.2.